The molecule has 0 heterocycles. The maximum absolute atomic E-state index is 13.1. The van der Waals surface area contributed by atoms with E-state index in [2.05, 4.69) is 10.6 Å². The Balaban J connectivity index is 3.02. The second-order valence-corrected chi connectivity index (χ2v) is 8.66. The van der Waals surface area contributed by atoms with E-state index in [0.717, 1.165) is 5.56 Å². The number of carboxylic acid groups (broad SMARTS) is 3. The summed E-state index contributed by atoms with van der Waals surface area (Å²) in [4.78, 5) is 71.9. The average molecular weight is 523 g/mol. The Bertz CT molecular complexity index is 970. The van der Waals surface area contributed by atoms with Gasteiger partial charge in [-0.05, 0) is 24.3 Å². The van der Waals surface area contributed by atoms with E-state index in [4.69, 9.17) is 15.9 Å². The molecule has 0 aliphatic rings. The fourth-order valence-corrected chi connectivity index (χ4v) is 3.37. The summed E-state index contributed by atoms with van der Waals surface area (Å²) in [6.45, 7) is 3.46. The minimum Gasteiger partial charge on any atom is -0.481 e. The third-order valence-corrected chi connectivity index (χ3v) is 5.70. The molecule has 13 heteroatoms. The molecule has 0 aliphatic carbocycles. The Morgan fingerprint density at radius 2 is 1.43 bits per heavy atom. The molecule has 1 aromatic rings. The molecule has 13 nitrogen and oxygen atoms in total. The van der Waals surface area contributed by atoms with E-state index in [1.54, 1.807) is 38.1 Å². The lowest BCUT2D eigenvalue weighted by Gasteiger charge is -2.27. The van der Waals surface area contributed by atoms with Crippen molar-refractivity contribution in [1.29, 1.82) is 0 Å². The molecule has 0 aliphatic heterocycles. The molecule has 0 bridgehead atoms. The van der Waals surface area contributed by atoms with Crippen LogP contribution in [0.3, 0.4) is 0 Å². The number of carboxylic acids is 3. The number of rotatable bonds is 16. The van der Waals surface area contributed by atoms with Crippen LogP contribution >= 0.6 is 0 Å². The molecule has 0 fully saturated rings. The molecule has 0 aromatic heterocycles. The Hall–Kier alpha value is -4.00. The van der Waals surface area contributed by atoms with Gasteiger partial charge in [0.1, 0.15) is 18.1 Å². The number of aliphatic carboxylic acids is 3. The van der Waals surface area contributed by atoms with E-state index in [-0.39, 0.29) is 6.42 Å². The normalized spacial score (nSPS) is 14.8. The van der Waals surface area contributed by atoms with Gasteiger partial charge in [0.25, 0.3) is 0 Å². The lowest BCUT2D eigenvalue weighted by molar-refractivity contribution is -0.147. The molecule has 8 N–H and O–H groups in total. The van der Waals surface area contributed by atoms with Crippen molar-refractivity contribution in [1.82, 2.24) is 16.0 Å². The predicted octanol–water partition coefficient (Wildman–Crippen LogP) is -0.519. The van der Waals surface area contributed by atoms with E-state index in [1.165, 1.54) is 0 Å². The molecule has 1 rings (SSSR count). The zero-order chi connectivity index (χ0) is 28.1. The summed E-state index contributed by atoms with van der Waals surface area (Å²) >= 11 is 0. The van der Waals surface area contributed by atoms with Crippen LogP contribution in [-0.2, 0) is 35.2 Å². The van der Waals surface area contributed by atoms with Crippen molar-refractivity contribution in [2.24, 2.45) is 11.7 Å². The molecule has 5 atom stereocenters. The van der Waals surface area contributed by atoms with E-state index in [0.29, 0.717) is 6.42 Å². The SMILES string of the molecule is CCC(C)C(NC(=O)C(N)Cc1ccccc1)C(=O)NC(CCC(=O)O)C(=O)NC(CC(=O)O)C(=O)O. The van der Waals surface area contributed by atoms with Crippen LogP contribution in [0.1, 0.15) is 45.1 Å². The van der Waals surface area contributed by atoms with Gasteiger partial charge in [0, 0.05) is 6.42 Å². The highest BCUT2D eigenvalue weighted by molar-refractivity contribution is 5.95. The second kappa shape index (κ2) is 15.2. The van der Waals surface area contributed by atoms with Gasteiger partial charge in [-0.25, -0.2) is 4.79 Å². The molecular weight excluding hydrogens is 488 g/mol. The minimum absolute atomic E-state index is 0.214. The summed E-state index contributed by atoms with van der Waals surface area (Å²) in [7, 11) is 0. The number of nitrogens with one attached hydrogen (secondary N) is 3. The summed E-state index contributed by atoms with van der Waals surface area (Å²) in [6.07, 6.45) is -1.20. The molecule has 0 saturated carbocycles. The maximum Gasteiger partial charge on any atom is 0.326 e. The van der Waals surface area contributed by atoms with E-state index >= 15 is 0 Å². The van der Waals surface area contributed by atoms with Crippen molar-refractivity contribution in [3.63, 3.8) is 0 Å². The smallest absolute Gasteiger partial charge is 0.326 e. The number of hydrogen-bond acceptors (Lipinski definition) is 7. The molecule has 0 spiro atoms. The fraction of sp³-hybridized carbons (Fsp3) is 0.500. The van der Waals surface area contributed by atoms with Gasteiger partial charge in [-0.3, -0.25) is 24.0 Å². The van der Waals surface area contributed by atoms with Gasteiger partial charge < -0.3 is 37.0 Å². The summed E-state index contributed by atoms with van der Waals surface area (Å²) in [5.74, 6) is -7.26. The number of carbonyl (C=O) groups excluding carboxylic acids is 3. The van der Waals surface area contributed by atoms with Crippen LogP contribution in [-0.4, -0.2) is 75.1 Å². The fourth-order valence-electron chi connectivity index (χ4n) is 3.37. The zero-order valence-corrected chi connectivity index (χ0v) is 20.7. The highest BCUT2D eigenvalue weighted by Crippen LogP contribution is 2.11. The van der Waals surface area contributed by atoms with Crippen LogP contribution in [0.4, 0.5) is 0 Å². The number of amides is 3. The lowest BCUT2D eigenvalue weighted by atomic mass is 9.96. The Labute approximate surface area is 213 Å². The largest absolute Gasteiger partial charge is 0.481 e. The summed E-state index contributed by atoms with van der Waals surface area (Å²) < 4.78 is 0. The molecule has 0 saturated heterocycles. The standard InChI is InChI=1S/C24H34N4O9/c1-3-13(2)20(28-21(33)15(25)11-14-7-5-4-6-8-14)23(35)26-16(9-10-18(29)30)22(34)27-17(24(36)37)12-19(31)32/h4-8,13,15-17,20H,3,9-12,25H2,1-2H3,(H,26,35)(H,27,34)(H,28,33)(H,29,30)(H,31,32)(H,36,37). The van der Waals surface area contributed by atoms with Crippen molar-refractivity contribution in [2.75, 3.05) is 0 Å². The first-order valence-corrected chi connectivity index (χ1v) is 11.7. The quantitative estimate of drug-likeness (QED) is 0.147. The minimum atomic E-state index is -1.80. The summed E-state index contributed by atoms with van der Waals surface area (Å²) in [5.41, 5.74) is 6.83. The van der Waals surface area contributed by atoms with E-state index in [1.807, 2.05) is 11.4 Å². The summed E-state index contributed by atoms with van der Waals surface area (Å²) in [6, 6.07) is 3.60. The molecule has 0 radical (unpaired) electrons. The first-order chi connectivity index (χ1) is 17.3. The lowest BCUT2D eigenvalue weighted by Crippen LogP contribution is -2.59. The van der Waals surface area contributed by atoms with Crippen LogP contribution < -0.4 is 21.7 Å². The van der Waals surface area contributed by atoms with Crippen molar-refractivity contribution in [2.45, 2.75) is 70.1 Å². The summed E-state index contributed by atoms with van der Waals surface area (Å²) in [5, 5.41) is 34.0. The van der Waals surface area contributed by atoms with Crippen molar-refractivity contribution in [3.8, 4) is 0 Å². The van der Waals surface area contributed by atoms with Gasteiger partial charge in [0.05, 0.1) is 12.5 Å². The topological polar surface area (TPSA) is 225 Å². The van der Waals surface area contributed by atoms with E-state index in [9.17, 15) is 33.9 Å². The van der Waals surface area contributed by atoms with Gasteiger partial charge in [-0.15, -0.1) is 0 Å². The first-order valence-electron chi connectivity index (χ1n) is 11.7. The number of hydrogen-bond donors (Lipinski definition) is 7. The number of carbonyl (C=O) groups is 6. The van der Waals surface area contributed by atoms with Gasteiger partial charge in [-0.2, -0.15) is 0 Å². The van der Waals surface area contributed by atoms with Crippen LogP contribution in [0, 0.1) is 5.92 Å². The molecule has 204 valence electrons. The number of nitrogens with two attached hydrogens (primary N) is 1. The maximum atomic E-state index is 13.1. The Morgan fingerprint density at radius 1 is 0.838 bits per heavy atom. The zero-order valence-electron chi connectivity index (χ0n) is 20.7. The van der Waals surface area contributed by atoms with Gasteiger partial charge in [0.2, 0.25) is 17.7 Å². The molecular formula is C24H34N4O9. The first kappa shape index (κ1) is 31.0. The average Bonchev–Trinajstić information content (AvgIpc) is 2.83. The molecule has 5 unspecified atom stereocenters. The van der Waals surface area contributed by atoms with Gasteiger partial charge in [0.15, 0.2) is 0 Å². The highest BCUT2D eigenvalue weighted by Gasteiger charge is 2.33. The van der Waals surface area contributed by atoms with Crippen LogP contribution in [0.25, 0.3) is 0 Å². The highest BCUT2D eigenvalue weighted by atomic mass is 16.4. The van der Waals surface area contributed by atoms with Crippen molar-refractivity contribution < 1.29 is 44.1 Å². The number of benzene rings is 1. The van der Waals surface area contributed by atoms with Crippen LogP contribution in [0.15, 0.2) is 30.3 Å². The van der Waals surface area contributed by atoms with Crippen molar-refractivity contribution in [3.05, 3.63) is 35.9 Å². The van der Waals surface area contributed by atoms with Crippen LogP contribution in [0.2, 0.25) is 0 Å². The Kier molecular flexibility index (Phi) is 12.7. The molecule has 37 heavy (non-hydrogen) atoms. The third-order valence-electron chi connectivity index (χ3n) is 5.70. The van der Waals surface area contributed by atoms with E-state index < -0.39 is 85.0 Å². The van der Waals surface area contributed by atoms with Gasteiger partial charge in [-0.1, -0.05) is 50.6 Å². The Morgan fingerprint density at radius 3 is 1.95 bits per heavy atom. The van der Waals surface area contributed by atoms with Gasteiger partial charge >= 0.3 is 17.9 Å². The predicted molar refractivity (Wildman–Crippen MR) is 130 cm³/mol. The molecule has 1 aromatic carbocycles. The van der Waals surface area contributed by atoms with Crippen molar-refractivity contribution >= 4 is 35.6 Å². The second-order valence-electron chi connectivity index (χ2n) is 8.66. The third kappa shape index (κ3) is 11.1. The monoisotopic (exact) mass is 522 g/mol. The molecule has 3 amide bonds. The van der Waals surface area contributed by atoms with Crippen LogP contribution in [0.5, 0.6) is 0 Å².